The summed E-state index contributed by atoms with van der Waals surface area (Å²) >= 11 is 1.45. The van der Waals surface area contributed by atoms with Crippen LogP contribution in [0.4, 0.5) is 15.5 Å². The molecule has 1 unspecified atom stereocenters. The van der Waals surface area contributed by atoms with Crippen LogP contribution in [0.1, 0.15) is 22.4 Å². The zero-order valence-electron chi connectivity index (χ0n) is 16.5. The van der Waals surface area contributed by atoms with Crippen LogP contribution in [-0.4, -0.2) is 54.3 Å². The molecule has 9 heteroatoms. The summed E-state index contributed by atoms with van der Waals surface area (Å²) in [5, 5.41) is 3.50. The van der Waals surface area contributed by atoms with Crippen molar-refractivity contribution >= 4 is 40.1 Å². The number of fused-ring (bicyclic) bond motifs is 1. The highest BCUT2D eigenvalue weighted by molar-refractivity contribution is 7.17. The van der Waals surface area contributed by atoms with Crippen molar-refractivity contribution in [2.45, 2.75) is 25.4 Å². The highest BCUT2D eigenvalue weighted by Crippen LogP contribution is 2.40. The molecule has 1 saturated heterocycles. The number of nitrogen functional groups attached to an aromatic ring is 1. The summed E-state index contributed by atoms with van der Waals surface area (Å²) < 4.78 is 11.0. The number of nitrogens with zero attached hydrogens (tertiary/aromatic N) is 2. The third kappa shape index (κ3) is 4.80. The first-order chi connectivity index (χ1) is 14.6. The van der Waals surface area contributed by atoms with E-state index >= 15 is 0 Å². The Hall–Kier alpha value is -2.91. The van der Waals surface area contributed by atoms with E-state index in [2.05, 4.69) is 10.3 Å². The first kappa shape index (κ1) is 20.4. The summed E-state index contributed by atoms with van der Waals surface area (Å²) in [4.78, 5) is 31.4. The summed E-state index contributed by atoms with van der Waals surface area (Å²) in [6.07, 6.45) is 8.11. The summed E-state index contributed by atoms with van der Waals surface area (Å²) in [6.45, 7) is 2.21. The molecular formula is C21H24N4O4S. The van der Waals surface area contributed by atoms with Crippen molar-refractivity contribution in [3.8, 4) is 0 Å². The smallest absolute Gasteiger partial charge is 0.410 e. The van der Waals surface area contributed by atoms with Gasteiger partial charge in [-0.3, -0.25) is 9.78 Å². The summed E-state index contributed by atoms with van der Waals surface area (Å²) in [5.41, 5.74) is 8.77. The van der Waals surface area contributed by atoms with Gasteiger partial charge in [-0.25, -0.2) is 4.79 Å². The van der Waals surface area contributed by atoms with Crippen LogP contribution in [0.3, 0.4) is 0 Å². The maximum absolute atomic E-state index is 12.3. The van der Waals surface area contributed by atoms with Crippen LogP contribution < -0.4 is 11.1 Å². The number of pyridine rings is 1. The number of nitrogens with one attached hydrogen (secondary N) is 1. The Balaban J connectivity index is 1.36. The minimum Gasteiger partial charge on any atom is -0.446 e. The molecule has 1 aliphatic heterocycles. The normalized spacial score (nSPS) is 18.8. The quantitative estimate of drug-likeness (QED) is 0.725. The molecule has 3 heterocycles. The lowest BCUT2D eigenvalue weighted by atomic mass is 9.95. The van der Waals surface area contributed by atoms with Crippen molar-refractivity contribution in [1.29, 1.82) is 0 Å². The van der Waals surface area contributed by atoms with Crippen LogP contribution >= 0.6 is 11.3 Å². The van der Waals surface area contributed by atoms with Crippen LogP contribution in [0.2, 0.25) is 0 Å². The van der Waals surface area contributed by atoms with Gasteiger partial charge in [0, 0.05) is 42.9 Å². The molecule has 0 aromatic carbocycles. The van der Waals surface area contributed by atoms with Crippen molar-refractivity contribution < 1.29 is 19.1 Å². The third-order valence-electron chi connectivity index (χ3n) is 5.15. The Bertz CT molecular complexity index is 938. The van der Waals surface area contributed by atoms with E-state index in [0.29, 0.717) is 43.4 Å². The fourth-order valence-corrected chi connectivity index (χ4v) is 4.77. The van der Waals surface area contributed by atoms with E-state index in [9.17, 15) is 9.59 Å². The highest BCUT2D eigenvalue weighted by Gasteiger charge is 2.29. The second kappa shape index (κ2) is 9.27. The number of rotatable bonds is 4. The summed E-state index contributed by atoms with van der Waals surface area (Å²) in [7, 11) is 0. The minimum absolute atomic E-state index is 0.181. The molecule has 0 saturated carbocycles. The molecule has 2 aromatic heterocycles. The van der Waals surface area contributed by atoms with Crippen LogP contribution in [-0.2, 0) is 27.1 Å². The van der Waals surface area contributed by atoms with Crippen LogP contribution in [0.5, 0.6) is 0 Å². The number of hydrogen-bond acceptors (Lipinski definition) is 7. The van der Waals surface area contributed by atoms with E-state index in [1.54, 1.807) is 23.4 Å². The molecule has 158 valence electrons. The van der Waals surface area contributed by atoms with Gasteiger partial charge in [0.15, 0.2) is 0 Å². The topological polar surface area (TPSA) is 107 Å². The molecule has 4 rings (SSSR count). The van der Waals surface area contributed by atoms with Gasteiger partial charge in [-0.05, 0) is 36.1 Å². The Morgan fingerprint density at radius 2 is 2.20 bits per heavy atom. The third-order valence-corrected chi connectivity index (χ3v) is 6.33. The second-order valence-electron chi connectivity index (χ2n) is 7.20. The molecule has 2 amide bonds. The van der Waals surface area contributed by atoms with E-state index in [-0.39, 0.29) is 18.1 Å². The molecule has 30 heavy (non-hydrogen) atoms. The van der Waals surface area contributed by atoms with Gasteiger partial charge in [0.2, 0.25) is 5.91 Å². The lowest BCUT2D eigenvalue weighted by molar-refractivity contribution is -0.111. The SMILES string of the molecule is Nc1c(NC(=O)/C=C/c2cccnc2)sc2c1CCC(OC(=O)N1CCOCC1)C2. The predicted molar refractivity (Wildman–Crippen MR) is 115 cm³/mol. The summed E-state index contributed by atoms with van der Waals surface area (Å²) in [6, 6.07) is 3.68. The van der Waals surface area contributed by atoms with Gasteiger partial charge in [-0.2, -0.15) is 0 Å². The largest absolute Gasteiger partial charge is 0.446 e. The number of amides is 2. The van der Waals surface area contributed by atoms with E-state index in [4.69, 9.17) is 15.2 Å². The van der Waals surface area contributed by atoms with Crippen molar-refractivity contribution in [3.63, 3.8) is 0 Å². The molecule has 2 aromatic rings. The Morgan fingerprint density at radius 1 is 1.37 bits per heavy atom. The van der Waals surface area contributed by atoms with Crippen LogP contribution in [0.15, 0.2) is 30.6 Å². The number of carbonyl (C=O) groups is 2. The van der Waals surface area contributed by atoms with Gasteiger partial charge in [0.25, 0.3) is 0 Å². The number of carbonyl (C=O) groups excluding carboxylic acids is 2. The van der Waals surface area contributed by atoms with Gasteiger partial charge in [0.05, 0.1) is 18.9 Å². The van der Waals surface area contributed by atoms with Crippen molar-refractivity contribution in [3.05, 3.63) is 46.6 Å². The first-order valence-corrected chi connectivity index (χ1v) is 10.7. The van der Waals surface area contributed by atoms with Crippen molar-refractivity contribution in [1.82, 2.24) is 9.88 Å². The molecule has 1 aliphatic carbocycles. The number of nitrogens with two attached hydrogens (primary N) is 1. The van der Waals surface area contributed by atoms with Crippen LogP contribution in [0.25, 0.3) is 6.08 Å². The molecule has 0 bridgehead atoms. The average molecular weight is 429 g/mol. The first-order valence-electron chi connectivity index (χ1n) is 9.92. The monoisotopic (exact) mass is 428 g/mol. The molecular weight excluding hydrogens is 404 g/mol. The number of thiophene rings is 1. The van der Waals surface area contributed by atoms with E-state index in [1.165, 1.54) is 17.4 Å². The Kier molecular flexibility index (Phi) is 6.29. The number of ether oxygens (including phenoxy) is 2. The molecule has 2 aliphatic rings. The highest BCUT2D eigenvalue weighted by atomic mass is 32.1. The molecule has 1 atom stereocenters. The number of anilines is 2. The van der Waals surface area contributed by atoms with Crippen molar-refractivity contribution in [2.24, 2.45) is 0 Å². The standard InChI is InChI=1S/C21H24N4O4S/c22-19-16-5-4-15(29-21(27)25-8-10-28-11-9-25)12-17(16)30-20(19)24-18(26)6-3-14-2-1-7-23-13-14/h1-3,6-7,13,15H,4-5,8-12,22H2,(H,24,26)/b6-3+. The van der Waals surface area contributed by atoms with Gasteiger partial charge in [0.1, 0.15) is 11.1 Å². The van der Waals surface area contributed by atoms with Gasteiger partial charge in [-0.1, -0.05) is 6.07 Å². The minimum atomic E-state index is -0.287. The van der Waals surface area contributed by atoms with E-state index in [0.717, 1.165) is 28.8 Å². The number of hydrogen-bond donors (Lipinski definition) is 2. The second-order valence-corrected chi connectivity index (χ2v) is 8.31. The zero-order chi connectivity index (χ0) is 20.9. The van der Waals surface area contributed by atoms with Gasteiger partial charge >= 0.3 is 6.09 Å². The molecule has 0 radical (unpaired) electrons. The number of morpholine rings is 1. The maximum atomic E-state index is 12.3. The average Bonchev–Trinajstić information content (AvgIpc) is 3.08. The fourth-order valence-electron chi connectivity index (χ4n) is 3.54. The zero-order valence-corrected chi connectivity index (χ0v) is 17.3. The number of aromatic nitrogens is 1. The Morgan fingerprint density at radius 3 is 2.97 bits per heavy atom. The van der Waals surface area contributed by atoms with E-state index < -0.39 is 0 Å². The van der Waals surface area contributed by atoms with Crippen LogP contribution in [0, 0.1) is 0 Å². The maximum Gasteiger partial charge on any atom is 0.410 e. The van der Waals surface area contributed by atoms with Crippen molar-refractivity contribution in [2.75, 3.05) is 37.4 Å². The predicted octanol–water partition coefficient (Wildman–Crippen LogP) is 2.70. The van der Waals surface area contributed by atoms with Gasteiger partial charge in [-0.15, -0.1) is 11.3 Å². The molecule has 0 spiro atoms. The van der Waals surface area contributed by atoms with E-state index in [1.807, 2.05) is 12.1 Å². The summed E-state index contributed by atoms with van der Waals surface area (Å²) in [5.74, 6) is -0.251. The molecule has 8 nitrogen and oxygen atoms in total. The Labute approximate surface area is 178 Å². The lowest BCUT2D eigenvalue weighted by Gasteiger charge is -2.29. The molecule has 1 fully saturated rings. The fraction of sp³-hybridized carbons (Fsp3) is 0.381. The van der Waals surface area contributed by atoms with Gasteiger partial charge < -0.3 is 25.4 Å². The molecule has 3 N–H and O–H groups in total. The lowest BCUT2D eigenvalue weighted by Crippen LogP contribution is -2.42.